The van der Waals surface area contributed by atoms with Crippen LogP contribution in [0.15, 0.2) is 53.7 Å². The van der Waals surface area contributed by atoms with Crippen LogP contribution in [0.3, 0.4) is 0 Å². The molecule has 18 heavy (non-hydrogen) atoms. The van der Waals surface area contributed by atoms with E-state index in [4.69, 9.17) is 5.26 Å². The number of benzene rings is 1. The van der Waals surface area contributed by atoms with E-state index < -0.39 is 0 Å². The molecule has 2 nitrogen and oxygen atoms in total. The predicted molar refractivity (Wildman–Crippen MR) is 76.7 cm³/mol. The number of anilines is 1. The minimum Gasteiger partial charge on any atom is -0.378 e. The summed E-state index contributed by atoms with van der Waals surface area (Å²) in [4.78, 5) is 0. The molecule has 0 saturated carbocycles. The lowest BCUT2D eigenvalue weighted by atomic mass is 10.1. The smallest absolute Gasteiger partial charge is 0.0991 e. The van der Waals surface area contributed by atoms with Gasteiger partial charge in [-0.15, -0.1) is 6.58 Å². The van der Waals surface area contributed by atoms with Gasteiger partial charge in [0.15, 0.2) is 0 Å². The molecular weight excluding hydrogens is 240 g/mol. The Morgan fingerprint density at radius 3 is 2.67 bits per heavy atom. The second-order valence-electron chi connectivity index (χ2n) is 3.97. The zero-order valence-electron chi connectivity index (χ0n) is 9.97. The van der Waals surface area contributed by atoms with Gasteiger partial charge in [0, 0.05) is 5.69 Å². The Morgan fingerprint density at radius 1 is 1.33 bits per heavy atom. The lowest BCUT2D eigenvalue weighted by molar-refractivity contribution is 0.803. The van der Waals surface area contributed by atoms with Crippen LogP contribution >= 0.6 is 11.3 Å². The van der Waals surface area contributed by atoms with Gasteiger partial charge in [0.25, 0.3) is 0 Å². The highest BCUT2D eigenvalue weighted by atomic mass is 32.1. The molecular formula is C15H14N2S. The molecule has 0 aliphatic carbocycles. The lowest BCUT2D eigenvalue weighted by Gasteiger charge is -2.17. The fraction of sp³-hybridized carbons (Fsp3) is 0.133. The highest BCUT2D eigenvalue weighted by molar-refractivity contribution is 7.08. The van der Waals surface area contributed by atoms with E-state index in [9.17, 15) is 0 Å². The summed E-state index contributed by atoms with van der Waals surface area (Å²) in [5.41, 5.74) is 2.97. The molecule has 3 heteroatoms. The summed E-state index contributed by atoms with van der Waals surface area (Å²) in [6.07, 6.45) is 2.79. The molecule has 1 heterocycles. The molecule has 1 unspecified atom stereocenters. The topological polar surface area (TPSA) is 35.8 Å². The summed E-state index contributed by atoms with van der Waals surface area (Å²) >= 11 is 1.69. The third-order valence-electron chi connectivity index (χ3n) is 2.70. The summed E-state index contributed by atoms with van der Waals surface area (Å²) in [5.74, 6) is 0. The average molecular weight is 254 g/mol. The molecule has 0 saturated heterocycles. The van der Waals surface area contributed by atoms with E-state index in [0.29, 0.717) is 5.56 Å². The van der Waals surface area contributed by atoms with Crippen molar-refractivity contribution in [2.24, 2.45) is 0 Å². The van der Waals surface area contributed by atoms with Crippen LogP contribution in [-0.4, -0.2) is 0 Å². The second-order valence-corrected chi connectivity index (χ2v) is 4.75. The molecule has 0 spiro atoms. The van der Waals surface area contributed by atoms with Gasteiger partial charge in [-0.1, -0.05) is 6.08 Å². The van der Waals surface area contributed by atoms with E-state index >= 15 is 0 Å². The van der Waals surface area contributed by atoms with E-state index in [1.165, 1.54) is 5.56 Å². The molecule has 0 aliphatic rings. The third kappa shape index (κ3) is 2.99. The number of hydrogen-bond acceptors (Lipinski definition) is 3. The molecule has 1 atom stereocenters. The number of hydrogen-bond donors (Lipinski definition) is 1. The van der Waals surface area contributed by atoms with E-state index in [-0.39, 0.29) is 6.04 Å². The van der Waals surface area contributed by atoms with Crippen molar-refractivity contribution in [3.05, 3.63) is 64.9 Å². The summed E-state index contributed by atoms with van der Waals surface area (Å²) in [6.45, 7) is 3.80. The molecule has 1 aromatic heterocycles. The summed E-state index contributed by atoms with van der Waals surface area (Å²) < 4.78 is 0. The van der Waals surface area contributed by atoms with Crippen molar-refractivity contribution < 1.29 is 0 Å². The van der Waals surface area contributed by atoms with Gasteiger partial charge in [-0.05, 0) is 53.1 Å². The first kappa shape index (κ1) is 12.4. The van der Waals surface area contributed by atoms with Gasteiger partial charge in [-0.3, -0.25) is 0 Å². The normalized spacial score (nSPS) is 11.5. The zero-order chi connectivity index (χ0) is 12.8. The van der Waals surface area contributed by atoms with Crippen molar-refractivity contribution in [1.29, 1.82) is 5.26 Å². The maximum Gasteiger partial charge on any atom is 0.0991 e. The first-order valence-corrected chi connectivity index (χ1v) is 6.67. The van der Waals surface area contributed by atoms with Gasteiger partial charge in [0.1, 0.15) is 0 Å². The van der Waals surface area contributed by atoms with Crippen LogP contribution < -0.4 is 5.32 Å². The molecule has 1 aromatic carbocycles. The van der Waals surface area contributed by atoms with Crippen LogP contribution in [0.5, 0.6) is 0 Å². The Hall–Kier alpha value is -2.05. The van der Waals surface area contributed by atoms with E-state index in [1.807, 2.05) is 30.3 Å². The quantitative estimate of drug-likeness (QED) is 0.805. The Balaban J connectivity index is 2.13. The van der Waals surface area contributed by atoms with Crippen molar-refractivity contribution in [2.75, 3.05) is 5.32 Å². The molecule has 2 aromatic rings. The maximum absolute atomic E-state index is 8.76. The third-order valence-corrected chi connectivity index (χ3v) is 3.40. The van der Waals surface area contributed by atoms with Gasteiger partial charge in [0.05, 0.1) is 17.7 Å². The van der Waals surface area contributed by atoms with Gasteiger partial charge < -0.3 is 5.32 Å². The van der Waals surface area contributed by atoms with Crippen LogP contribution in [-0.2, 0) is 0 Å². The zero-order valence-corrected chi connectivity index (χ0v) is 10.8. The molecule has 90 valence electrons. The van der Waals surface area contributed by atoms with Crippen molar-refractivity contribution in [3.8, 4) is 6.07 Å². The van der Waals surface area contributed by atoms with Gasteiger partial charge >= 0.3 is 0 Å². The number of thiophene rings is 1. The van der Waals surface area contributed by atoms with E-state index in [2.05, 4.69) is 34.8 Å². The number of rotatable bonds is 5. The minimum atomic E-state index is 0.238. The highest BCUT2D eigenvalue weighted by Crippen LogP contribution is 2.25. The Morgan fingerprint density at radius 2 is 2.11 bits per heavy atom. The standard InChI is InChI=1S/C15H14N2S/c1-2-3-15(13-8-9-18-11-13)17-14-6-4-12(10-16)5-7-14/h2,4-9,11,15,17H,1,3H2. The van der Waals surface area contributed by atoms with Crippen molar-refractivity contribution >= 4 is 17.0 Å². The summed E-state index contributed by atoms with van der Waals surface area (Å²) in [7, 11) is 0. The largest absolute Gasteiger partial charge is 0.378 e. The van der Waals surface area contributed by atoms with Gasteiger partial charge in [-0.2, -0.15) is 16.6 Å². The predicted octanol–water partition coefficient (Wildman–Crippen LogP) is 4.35. The SMILES string of the molecule is C=CCC(Nc1ccc(C#N)cc1)c1ccsc1. The first-order chi connectivity index (χ1) is 8.83. The molecule has 1 N–H and O–H groups in total. The van der Waals surface area contributed by atoms with Crippen LogP contribution in [0.1, 0.15) is 23.6 Å². The highest BCUT2D eigenvalue weighted by Gasteiger charge is 2.09. The molecule has 0 bridgehead atoms. The van der Waals surface area contributed by atoms with Crippen LogP contribution in [0.2, 0.25) is 0 Å². The Bertz CT molecular complexity index is 535. The lowest BCUT2D eigenvalue weighted by Crippen LogP contribution is -2.08. The molecule has 0 fully saturated rings. The number of nitrogens with zero attached hydrogens (tertiary/aromatic N) is 1. The fourth-order valence-corrected chi connectivity index (χ4v) is 2.47. The van der Waals surface area contributed by atoms with E-state index in [1.54, 1.807) is 11.3 Å². The van der Waals surface area contributed by atoms with Gasteiger partial charge in [-0.25, -0.2) is 0 Å². The Kier molecular flexibility index (Phi) is 4.16. The van der Waals surface area contributed by atoms with Crippen molar-refractivity contribution in [3.63, 3.8) is 0 Å². The van der Waals surface area contributed by atoms with Gasteiger partial charge in [0.2, 0.25) is 0 Å². The Labute approximate surface area is 111 Å². The number of nitrogens with one attached hydrogen (secondary N) is 1. The van der Waals surface area contributed by atoms with Crippen LogP contribution in [0.4, 0.5) is 5.69 Å². The van der Waals surface area contributed by atoms with Crippen molar-refractivity contribution in [1.82, 2.24) is 0 Å². The first-order valence-electron chi connectivity index (χ1n) is 5.73. The summed E-state index contributed by atoms with van der Waals surface area (Å²) in [5, 5.41) is 16.4. The van der Waals surface area contributed by atoms with Crippen molar-refractivity contribution in [2.45, 2.75) is 12.5 Å². The van der Waals surface area contributed by atoms with E-state index in [0.717, 1.165) is 12.1 Å². The maximum atomic E-state index is 8.76. The monoisotopic (exact) mass is 254 g/mol. The molecule has 2 rings (SSSR count). The molecule has 0 radical (unpaired) electrons. The molecule has 0 amide bonds. The number of nitriles is 1. The van der Waals surface area contributed by atoms with Crippen LogP contribution in [0, 0.1) is 11.3 Å². The van der Waals surface area contributed by atoms with Crippen LogP contribution in [0.25, 0.3) is 0 Å². The molecule has 0 aliphatic heterocycles. The second kappa shape index (κ2) is 6.04. The minimum absolute atomic E-state index is 0.238. The fourth-order valence-electron chi connectivity index (χ4n) is 1.76. The average Bonchev–Trinajstić information content (AvgIpc) is 2.93. The summed E-state index contributed by atoms with van der Waals surface area (Å²) in [6, 6.07) is 12.0.